The van der Waals surface area contributed by atoms with E-state index in [9.17, 15) is 22.8 Å². The van der Waals surface area contributed by atoms with Crippen LogP contribution < -0.4 is 19.7 Å². The molecule has 10 heteroatoms. The van der Waals surface area contributed by atoms with Crippen molar-refractivity contribution in [2.45, 2.75) is 6.92 Å². The molecule has 9 nitrogen and oxygen atoms in total. The lowest BCUT2D eigenvalue weighted by Crippen LogP contribution is -2.38. The van der Waals surface area contributed by atoms with Crippen LogP contribution in [0.4, 0.5) is 11.4 Å². The lowest BCUT2D eigenvalue weighted by atomic mass is 10.1. The summed E-state index contributed by atoms with van der Waals surface area (Å²) in [6, 6.07) is 10.8. The second-order valence-electron chi connectivity index (χ2n) is 6.84. The van der Waals surface area contributed by atoms with E-state index in [4.69, 9.17) is 9.47 Å². The van der Waals surface area contributed by atoms with Crippen molar-refractivity contribution in [1.82, 2.24) is 0 Å². The first-order chi connectivity index (χ1) is 14.7. The number of carbonyl (C=O) groups is 3. The van der Waals surface area contributed by atoms with E-state index in [1.807, 2.05) is 0 Å². The molecule has 1 heterocycles. The maximum atomic E-state index is 12.6. The number of hydrogen-bond acceptors (Lipinski definition) is 7. The Kier molecular flexibility index (Phi) is 6.59. The second-order valence-corrected chi connectivity index (χ2v) is 8.91. The van der Waals surface area contributed by atoms with Gasteiger partial charge in [-0.1, -0.05) is 0 Å². The molecule has 0 atom stereocenters. The van der Waals surface area contributed by atoms with Crippen LogP contribution in [0.25, 0.3) is 0 Å². The van der Waals surface area contributed by atoms with Crippen LogP contribution in [0.1, 0.15) is 17.3 Å². The van der Waals surface area contributed by atoms with Gasteiger partial charge in [-0.05, 0) is 49.4 Å². The van der Waals surface area contributed by atoms with Gasteiger partial charge in [-0.15, -0.1) is 0 Å². The zero-order chi connectivity index (χ0) is 22.6. The molecule has 2 aromatic carbocycles. The van der Waals surface area contributed by atoms with Gasteiger partial charge in [-0.3, -0.25) is 14.4 Å². The van der Waals surface area contributed by atoms with Crippen LogP contribution in [-0.2, 0) is 19.4 Å². The molecule has 0 bridgehead atoms. The Bertz CT molecular complexity index is 1110. The Morgan fingerprint density at radius 3 is 2.48 bits per heavy atom. The molecule has 31 heavy (non-hydrogen) atoms. The summed E-state index contributed by atoms with van der Waals surface area (Å²) in [5.41, 5.74) is 0.945. The van der Waals surface area contributed by atoms with Gasteiger partial charge in [-0.25, -0.2) is 8.42 Å². The number of fused-ring (bicyclic) bond motifs is 1. The van der Waals surface area contributed by atoms with Crippen LogP contribution in [0, 0.1) is 0 Å². The highest BCUT2D eigenvalue weighted by atomic mass is 32.2. The van der Waals surface area contributed by atoms with Gasteiger partial charge in [0.1, 0.15) is 23.0 Å². The molecule has 0 aromatic heterocycles. The molecule has 0 saturated heterocycles. The van der Waals surface area contributed by atoms with Crippen LogP contribution in [0.15, 0.2) is 42.5 Å². The average Bonchev–Trinajstić information content (AvgIpc) is 2.73. The molecule has 2 aromatic rings. The van der Waals surface area contributed by atoms with Crippen molar-refractivity contribution >= 4 is 38.8 Å². The zero-order valence-corrected chi connectivity index (χ0v) is 17.9. The molecule has 3 rings (SSSR count). The number of nitrogens with zero attached hydrogens (tertiary/aromatic N) is 1. The van der Waals surface area contributed by atoms with Crippen LogP contribution >= 0.6 is 0 Å². The van der Waals surface area contributed by atoms with Crippen molar-refractivity contribution in [3.63, 3.8) is 0 Å². The molecule has 1 aliphatic heterocycles. The topological polar surface area (TPSA) is 119 Å². The second kappa shape index (κ2) is 9.17. The number of rotatable bonds is 8. The number of anilines is 2. The van der Waals surface area contributed by atoms with Crippen molar-refractivity contribution in [2.24, 2.45) is 0 Å². The Hall–Kier alpha value is -3.40. The van der Waals surface area contributed by atoms with Gasteiger partial charge in [0, 0.05) is 17.8 Å². The number of ether oxygens (including phenoxy) is 2. The maximum Gasteiger partial charge on any atom is 0.265 e. The number of carbonyl (C=O) groups excluding carboxylic acids is 3. The van der Waals surface area contributed by atoms with E-state index in [2.05, 4.69) is 5.32 Å². The normalized spacial score (nSPS) is 13.2. The van der Waals surface area contributed by atoms with Gasteiger partial charge in [0.2, 0.25) is 5.91 Å². The first-order valence-corrected chi connectivity index (χ1v) is 11.3. The van der Waals surface area contributed by atoms with Crippen LogP contribution in [0.3, 0.4) is 0 Å². The fourth-order valence-corrected chi connectivity index (χ4v) is 4.27. The average molecular weight is 446 g/mol. The summed E-state index contributed by atoms with van der Waals surface area (Å²) in [7, 11) is -2.51. The fraction of sp³-hybridized carbons (Fsp3) is 0.286. The van der Waals surface area contributed by atoms with Gasteiger partial charge >= 0.3 is 0 Å². The molecule has 0 aliphatic carbocycles. The van der Waals surface area contributed by atoms with Gasteiger partial charge in [0.15, 0.2) is 22.2 Å². The summed E-state index contributed by atoms with van der Waals surface area (Å²) in [5.74, 6) is -2.30. The predicted octanol–water partition coefficient (Wildman–Crippen LogP) is 1.68. The van der Waals surface area contributed by atoms with Gasteiger partial charge in [0.05, 0.1) is 12.8 Å². The molecule has 1 N–H and O–H groups in total. The third kappa shape index (κ3) is 5.40. The number of benzene rings is 2. The summed E-state index contributed by atoms with van der Waals surface area (Å²) in [5, 5.41) is 2.48. The Morgan fingerprint density at radius 1 is 1.13 bits per heavy atom. The summed E-state index contributed by atoms with van der Waals surface area (Å²) in [6.45, 7) is 2.08. The number of amides is 2. The maximum absolute atomic E-state index is 12.6. The Balaban J connectivity index is 1.67. The van der Waals surface area contributed by atoms with Crippen molar-refractivity contribution in [2.75, 3.05) is 42.0 Å². The highest BCUT2D eigenvalue weighted by Crippen LogP contribution is 2.33. The number of Topliss-reactive ketones (excluding diaryl/α,β-unsaturated/α-hetero) is 1. The van der Waals surface area contributed by atoms with Gasteiger partial charge in [0.25, 0.3) is 5.91 Å². The summed E-state index contributed by atoms with van der Waals surface area (Å²) < 4.78 is 35.1. The van der Waals surface area contributed by atoms with E-state index in [1.54, 1.807) is 31.2 Å². The smallest absolute Gasteiger partial charge is 0.265 e. The lowest BCUT2D eigenvalue weighted by molar-refractivity contribution is -0.121. The first kappa shape index (κ1) is 22.3. The number of sulfone groups is 1. The molecule has 0 unspecified atom stereocenters. The number of methoxy groups -OCH3 is 1. The molecule has 0 spiro atoms. The minimum atomic E-state index is -4.01. The van der Waals surface area contributed by atoms with E-state index < -0.39 is 33.0 Å². The minimum Gasteiger partial charge on any atom is -0.497 e. The molecule has 164 valence electrons. The van der Waals surface area contributed by atoms with Gasteiger partial charge < -0.3 is 19.7 Å². The molecule has 0 saturated carbocycles. The molecular formula is C21H22N2O7S. The SMILES string of the molecule is CCN1C(=O)COc2ccc(C(=O)CS(=O)(=O)CC(=O)Nc3ccc(OC)cc3)cc21. The number of hydrogen-bond donors (Lipinski definition) is 1. The molecular weight excluding hydrogens is 424 g/mol. The Morgan fingerprint density at radius 2 is 1.84 bits per heavy atom. The van der Waals surface area contributed by atoms with Crippen molar-refractivity contribution in [1.29, 1.82) is 0 Å². The van der Waals surface area contributed by atoms with E-state index in [1.165, 1.54) is 30.2 Å². The van der Waals surface area contributed by atoms with E-state index in [0.717, 1.165) is 0 Å². The number of nitrogens with one attached hydrogen (secondary N) is 1. The lowest BCUT2D eigenvalue weighted by Gasteiger charge is -2.28. The summed E-state index contributed by atoms with van der Waals surface area (Å²) in [4.78, 5) is 38.1. The third-order valence-electron chi connectivity index (χ3n) is 4.62. The summed E-state index contributed by atoms with van der Waals surface area (Å²) >= 11 is 0. The first-order valence-electron chi connectivity index (χ1n) is 9.47. The van der Waals surface area contributed by atoms with E-state index >= 15 is 0 Å². The number of ketones is 1. The molecule has 1 aliphatic rings. The zero-order valence-electron chi connectivity index (χ0n) is 17.1. The quantitative estimate of drug-likeness (QED) is 0.613. The molecule has 0 fully saturated rings. The predicted molar refractivity (Wildman–Crippen MR) is 115 cm³/mol. The van der Waals surface area contributed by atoms with E-state index in [0.29, 0.717) is 29.4 Å². The van der Waals surface area contributed by atoms with Crippen molar-refractivity contribution in [3.05, 3.63) is 48.0 Å². The monoisotopic (exact) mass is 446 g/mol. The van der Waals surface area contributed by atoms with Crippen LogP contribution in [0.2, 0.25) is 0 Å². The molecule has 2 amide bonds. The van der Waals surface area contributed by atoms with Gasteiger partial charge in [-0.2, -0.15) is 0 Å². The summed E-state index contributed by atoms with van der Waals surface area (Å²) in [6.07, 6.45) is 0. The Labute approximate surface area is 179 Å². The third-order valence-corrected chi connectivity index (χ3v) is 6.02. The number of likely N-dealkylation sites (N-methyl/N-ethyl adjacent to an activating group) is 1. The van der Waals surface area contributed by atoms with Crippen molar-refractivity contribution in [3.8, 4) is 11.5 Å². The standard InChI is InChI=1S/C21H22N2O7S/c1-3-23-17-10-14(4-9-19(17)30-11-21(23)26)18(24)12-31(27,28)13-20(25)22-15-5-7-16(29-2)8-6-15/h4-10H,3,11-13H2,1-2H3,(H,22,25). The highest BCUT2D eigenvalue weighted by Gasteiger charge is 2.27. The fourth-order valence-electron chi connectivity index (χ4n) is 3.13. The van der Waals surface area contributed by atoms with E-state index in [-0.39, 0.29) is 18.1 Å². The van der Waals surface area contributed by atoms with Crippen LogP contribution in [0.5, 0.6) is 11.5 Å². The highest BCUT2D eigenvalue weighted by molar-refractivity contribution is 7.92. The minimum absolute atomic E-state index is 0.0914. The van der Waals surface area contributed by atoms with Crippen molar-refractivity contribution < 1.29 is 32.3 Å². The largest absolute Gasteiger partial charge is 0.497 e. The van der Waals surface area contributed by atoms with Crippen LogP contribution in [-0.4, -0.2) is 57.8 Å². The molecule has 0 radical (unpaired) electrons.